The van der Waals surface area contributed by atoms with E-state index >= 15 is 0 Å². The summed E-state index contributed by atoms with van der Waals surface area (Å²) in [6, 6.07) is 49.8. The average molecular weight is 559 g/mol. The maximum atomic E-state index is 2.61. The smallest absolute Gasteiger partial charge is 0.0708 e. The second-order valence-corrected chi connectivity index (χ2v) is 12.5. The van der Waals surface area contributed by atoms with Gasteiger partial charge >= 0.3 is 0 Å². The molecule has 2 unspecified atom stereocenters. The summed E-state index contributed by atoms with van der Waals surface area (Å²) in [5.74, 6) is 0.307. The van der Waals surface area contributed by atoms with E-state index in [1.54, 1.807) is 0 Å². The number of fused-ring (bicyclic) bond motifs is 12. The predicted molar refractivity (Wildman–Crippen MR) is 184 cm³/mol. The monoisotopic (exact) mass is 558 g/mol. The molecule has 2 heteroatoms. The Kier molecular flexibility index (Phi) is 4.20. The van der Waals surface area contributed by atoms with E-state index in [1.165, 1.54) is 88.4 Å². The molecule has 11 rings (SSSR count). The third-order valence-corrected chi connectivity index (χ3v) is 10.4. The van der Waals surface area contributed by atoms with Gasteiger partial charge in [0.25, 0.3) is 0 Å². The molecule has 0 saturated carbocycles. The molecule has 0 N–H and O–H groups in total. The molecule has 44 heavy (non-hydrogen) atoms. The number of para-hydroxylation sites is 3. The van der Waals surface area contributed by atoms with E-state index in [1.807, 2.05) is 0 Å². The van der Waals surface area contributed by atoms with Crippen molar-refractivity contribution in [3.05, 3.63) is 162 Å². The molecule has 0 radical (unpaired) electrons. The van der Waals surface area contributed by atoms with Crippen molar-refractivity contribution in [1.29, 1.82) is 0 Å². The van der Waals surface area contributed by atoms with Crippen molar-refractivity contribution in [1.82, 2.24) is 4.40 Å². The van der Waals surface area contributed by atoms with Crippen molar-refractivity contribution >= 4 is 60.6 Å². The molecule has 2 atom stereocenters. The molecular formula is C42H26N2. The lowest BCUT2D eigenvalue weighted by Crippen LogP contribution is -2.27. The van der Waals surface area contributed by atoms with Crippen LogP contribution in [-0.2, 0) is 0 Å². The van der Waals surface area contributed by atoms with E-state index in [0.717, 1.165) is 0 Å². The van der Waals surface area contributed by atoms with Gasteiger partial charge < -0.3 is 9.30 Å². The molecule has 2 aromatic heterocycles. The summed E-state index contributed by atoms with van der Waals surface area (Å²) in [5.41, 5.74) is 16.0. The number of allylic oxidation sites excluding steroid dienone is 2. The molecule has 4 heterocycles. The Balaban J connectivity index is 1.19. The van der Waals surface area contributed by atoms with Gasteiger partial charge in [-0.05, 0) is 75.9 Å². The molecule has 2 nitrogen and oxygen atoms in total. The lowest BCUT2D eigenvalue weighted by molar-refractivity contribution is 0.783. The first-order valence-corrected chi connectivity index (χ1v) is 15.5. The summed E-state index contributed by atoms with van der Waals surface area (Å²) in [5, 5.41) is 5.30. The summed E-state index contributed by atoms with van der Waals surface area (Å²) in [6.45, 7) is 0. The fraction of sp³-hybridized carbons (Fsp3) is 0.0476. The molecule has 204 valence electrons. The quantitative estimate of drug-likeness (QED) is 0.205. The first-order chi connectivity index (χ1) is 21.8. The molecule has 0 bridgehead atoms. The third kappa shape index (κ3) is 2.72. The number of benzene rings is 6. The van der Waals surface area contributed by atoms with Crippen molar-refractivity contribution in [3.8, 4) is 11.1 Å². The molecule has 0 fully saturated rings. The Morgan fingerprint density at radius 2 is 1.18 bits per heavy atom. The Labute approximate surface area is 254 Å². The van der Waals surface area contributed by atoms with Crippen LogP contribution in [0.15, 0.2) is 146 Å². The first-order valence-electron chi connectivity index (χ1n) is 15.5. The largest absolute Gasteiger partial charge is 0.332 e. The Morgan fingerprint density at radius 3 is 1.95 bits per heavy atom. The number of anilines is 2. The molecule has 1 aliphatic carbocycles. The fourth-order valence-corrected chi connectivity index (χ4v) is 8.65. The zero-order valence-electron chi connectivity index (χ0n) is 23.9. The summed E-state index contributed by atoms with van der Waals surface area (Å²) in [6.07, 6.45) is 4.90. The second-order valence-electron chi connectivity index (χ2n) is 12.5. The van der Waals surface area contributed by atoms with E-state index in [4.69, 9.17) is 0 Å². The van der Waals surface area contributed by atoms with Crippen molar-refractivity contribution in [2.24, 2.45) is 0 Å². The van der Waals surface area contributed by atoms with Gasteiger partial charge in [-0.15, -0.1) is 0 Å². The van der Waals surface area contributed by atoms with Gasteiger partial charge in [-0.25, -0.2) is 0 Å². The maximum Gasteiger partial charge on any atom is 0.0708 e. The first kappa shape index (κ1) is 22.9. The van der Waals surface area contributed by atoms with E-state index in [2.05, 4.69) is 155 Å². The zero-order chi connectivity index (χ0) is 28.5. The van der Waals surface area contributed by atoms with Gasteiger partial charge in [0.2, 0.25) is 0 Å². The minimum atomic E-state index is 0.256. The summed E-state index contributed by atoms with van der Waals surface area (Å²) in [7, 11) is 0. The fourth-order valence-electron chi connectivity index (χ4n) is 8.65. The Hall–Kier alpha value is -5.60. The standard InChI is InChI=1S/C42H26N2/c1-2-10-25(11-3-1)26-18-21-39-33(22-26)31-20-19-28(40-32-14-6-9-17-38(32)44(39)42(31)40)27-23-34-29-12-4-7-15-36(29)43-37-16-8-5-13-30(37)35(24-27)41(34)43/h1-24,31,42H. The molecule has 3 aliphatic rings. The number of aromatic nitrogens is 1. The SMILES string of the molecule is C1=CC2c3cc(-c4ccccc4)ccc3N3c4ccccc4C(=C1c1cc4c5ccccc5n5c6ccccc6c(c1)c45)C23. The average Bonchev–Trinajstić information content (AvgIpc) is 3.81. The van der Waals surface area contributed by atoms with E-state index in [0.29, 0.717) is 5.92 Å². The number of rotatable bonds is 2. The van der Waals surface area contributed by atoms with Crippen molar-refractivity contribution < 1.29 is 0 Å². The lowest BCUT2D eigenvalue weighted by Gasteiger charge is -2.27. The van der Waals surface area contributed by atoms with Gasteiger partial charge in [0.05, 0.1) is 22.6 Å². The summed E-state index contributed by atoms with van der Waals surface area (Å²) < 4.78 is 2.47. The molecule has 2 aliphatic heterocycles. The molecule has 6 aromatic carbocycles. The Morgan fingerprint density at radius 1 is 0.500 bits per heavy atom. The lowest BCUT2D eigenvalue weighted by atomic mass is 9.79. The highest BCUT2D eigenvalue weighted by atomic mass is 15.2. The minimum Gasteiger partial charge on any atom is -0.332 e. The number of hydrogen-bond donors (Lipinski definition) is 0. The van der Waals surface area contributed by atoms with Crippen LogP contribution in [0.3, 0.4) is 0 Å². The minimum absolute atomic E-state index is 0.256. The number of hydrogen-bond acceptors (Lipinski definition) is 1. The summed E-state index contributed by atoms with van der Waals surface area (Å²) >= 11 is 0. The van der Waals surface area contributed by atoms with E-state index in [9.17, 15) is 0 Å². The van der Waals surface area contributed by atoms with Gasteiger partial charge in [0.1, 0.15) is 0 Å². The van der Waals surface area contributed by atoms with Gasteiger partial charge in [0.15, 0.2) is 0 Å². The van der Waals surface area contributed by atoms with E-state index < -0.39 is 0 Å². The molecule has 8 aromatic rings. The van der Waals surface area contributed by atoms with Crippen LogP contribution in [0.1, 0.15) is 22.6 Å². The second kappa shape index (κ2) is 8.06. The van der Waals surface area contributed by atoms with Crippen LogP contribution in [0, 0.1) is 0 Å². The summed E-state index contributed by atoms with van der Waals surface area (Å²) in [4.78, 5) is 2.61. The van der Waals surface area contributed by atoms with Crippen LogP contribution in [0.4, 0.5) is 11.4 Å². The van der Waals surface area contributed by atoms with Crippen LogP contribution >= 0.6 is 0 Å². The highest BCUT2D eigenvalue weighted by Crippen LogP contribution is 2.60. The topological polar surface area (TPSA) is 7.65 Å². The van der Waals surface area contributed by atoms with Crippen molar-refractivity contribution in [2.45, 2.75) is 12.0 Å². The van der Waals surface area contributed by atoms with Crippen molar-refractivity contribution in [2.75, 3.05) is 4.90 Å². The van der Waals surface area contributed by atoms with E-state index in [-0.39, 0.29) is 6.04 Å². The predicted octanol–water partition coefficient (Wildman–Crippen LogP) is 10.6. The highest BCUT2D eigenvalue weighted by Gasteiger charge is 2.48. The molecule has 0 spiro atoms. The van der Waals surface area contributed by atoms with Gasteiger partial charge in [-0.3, -0.25) is 0 Å². The molecular weight excluding hydrogens is 532 g/mol. The van der Waals surface area contributed by atoms with Crippen LogP contribution in [0.25, 0.3) is 60.4 Å². The van der Waals surface area contributed by atoms with Crippen molar-refractivity contribution in [3.63, 3.8) is 0 Å². The Bertz CT molecular complexity index is 2480. The molecule has 0 saturated heterocycles. The number of nitrogens with zero attached hydrogens (tertiary/aromatic N) is 2. The van der Waals surface area contributed by atoms with Gasteiger partial charge in [0, 0.05) is 44.4 Å². The van der Waals surface area contributed by atoms with Crippen LogP contribution < -0.4 is 4.90 Å². The normalized spacial score (nSPS) is 18.2. The zero-order valence-corrected chi connectivity index (χ0v) is 23.9. The van der Waals surface area contributed by atoms with Gasteiger partial charge in [-0.1, -0.05) is 103 Å². The molecule has 0 amide bonds. The van der Waals surface area contributed by atoms with Gasteiger partial charge in [-0.2, -0.15) is 0 Å². The van der Waals surface area contributed by atoms with Crippen LogP contribution in [0.5, 0.6) is 0 Å². The third-order valence-electron chi connectivity index (χ3n) is 10.4. The van der Waals surface area contributed by atoms with Crippen LogP contribution in [0.2, 0.25) is 0 Å². The van der Waals surface area contributed by atoms with Crippen LogP contribution in [-0.4, -0.2) is 10.4 Å². The maximum absolute atomic E-state index is 2.61. The highest BCUT2D eigenvalue weighted by molar-refractivity contribution is 6.24.